The van der Waals surface area contributed by atoms with Crippen molar-refractivity contribution in [2.75, 3.05) is 6.54 Å². The smallest absolute Gasteiger partial charge is 0.00674 e. The van der Waals surface area contributed by atoms with E-state index in [0.29, 0.717) is 0 Å². The molecule has 30 heavy (non-hydrogen) atoms. The number of benzene rings is 2. The van der Waals surface area contributed by atoms with Gasteiger partial charge in [-0.15, -0.1) is 0 Å². The molecule has 162 valence electrons. The molecule has 0 unspecified atom stereocenters. The van der Waals surface area contributed by atoms with Crippen LogP contribution in [-0.4, -0.2) is 12.6 Å². The van der Waals surface area contributed by atoms with E-state index in [1.807, 2.05) is 0 Å². The van der Waals surface area contributed by atoms with Gasteiger partial charge in [0.05, 0.1) is 0 Å². The van der Waals surface area contributed by atoms with Crippen molar-refractivity contribution in [3.8, 4) is 11.1 Å². The summed E-state index contributed by atoms with van der Waals surface area (Å²) in [5.41, 5.74) is 5.81. The molecule has 0 bridgehead atoms. The lowest BCUT2D eigenvalue weighted by Gasteiger charge is -2.29. The lowest BCUT2D eigenvalue weighted by molar-refractivity contribution is 0.342. The Hall–Kier alpha value is -1.60. The number of rotatable bonds is 7. The third-order valence-electron chi connectivity index (χ3n) is 7.80. The highest BCUT2D eigenvalue weighted by molar-refractivity contribution is 5.64. The SMILES string of the molecule is CCCCNC1CCC(c2ccc(-c3ccc(C4CCC(C)CC4)cc3)cc2)CC1. The Bertz CT molecular complexity index is 744. The summed E-state index contributed by atoms with van der Waals surface area (Å²) in [5, 5.41) is 3.76. The summed E-state index contributed by atoms with van der Waals surface area (Å²) in [7, 11) is 0. The van der Waals surface area contributed by atoms with Gasteiger partial charge < -0.3 is 5.32 Å². The van der Waals surface area contributed by atoms with Gasteiger partial charge in [0, 0.05) is 6.04 Å². The van der Waals surface area contributed by atoms with Crippen LogP contribution in [0.2, 0.25) is 0 Å². The molecule has 0 atom stereocenters. The van der Waals surface area contributed by atoms with Crippen molar-refractivity contribution in [2.24, 2.45) is 5.92 Å². The van der Waals surface area contributed by atoms with E-state index in [2.05, 4.69) is 67.7 Å². The summed E-state index contributed by atoms with van der Waals surface area (Å²) in [4.78, 5) is 0. The van der Waals surface area contributed by atoms with Crippen LogP contribution >= 0.6 is 0 Å². The summed E-state index contributed by atoms with van der Waals surface area (Å²) >= 11 is 0. The van der Waals surface area contributed by atoms with E-state index < -0.39 is 0 Å². The van der Waals surface area contributed by atoms with Crippen molar-refractivity contribution in [1.82, 2.24) is 5.32 Å². The zero-order chi connectivity index (χ0) is 20.8. The first-order valence-electron chi connectivity index (χ1n) is 12.7. The molecule has 1 nitrogen and oxygen atoms in total. The maximum atomic E-state index is 3.76. The van der Waals surface area contributed by atoms with E-state index in [0.717, 1.165) is 23.8 Å². The molecule has 4 rings (SSSR count). The number of hydrogen-bond donors (Lipinski definition) is 1. The lowest BCUT2D eigenvalue weighted by Crippen LogP contribution is -2.33. The largest absolute Gasteiger partial charge is 0.314 e. The van der Waals surface area contributed by atoms with Crippen molar-refractivity contribution in [3.63, 3.8) is 0 Å². The standard InChI is InChI=1S/C29H41N/c1-3-4-21-30-29-19-17-28(18-20-29)27-15-13-26(14-16-27)25-11-9-24(10-12-25)23-7-5-22(2)6-8-23/h9-16,22-23,28-30H,3-8,17-21H2,1-2H3. The van der Waals surface area contributed by atoms with Gasteiger partial charge in [-0.05, 0) is 91.5 Å². The average molecular weight is 404 g/mol. The van der Waals surface area contributed by atoms with Crippen molar-refractivity contribution in [3.05, 3.63) is 59.7 Å². The van der Waals surface area contributed by atoms with Gasteiger partial charge in [-0.3, -0.25) is 0 Å². The zero-order valence-corrected chi connectivity index (χ0v) is 19.2. The minimum absolute atomic E-state index is 0.748. The van der Waals surface area contributed by atoms with Crippen LogP contribution in [0.25, 0.3) is 11.1 Å². The van der Waals surface area contributed by atoms with Crippen LogP contribution in [0.5, 0.6) is 0 Å². The third-order valence-corrected chi connectivity index (χ3v) is 7.80. The molecule has 0 heterocycles. The highest BCUT2D eigenvalue weighted by Crippen LogP contribution is 2.37. The first-order chi connectivity index (χ1) is 14.7. The van der Waals surface area contributed by atoms with Gasteiger partial charge >= 0.3 is 0 Å². The van der Waals surface area contributed by atoms with Crippen LogP contribution in [0.4, 0.5) is 0 Å². The molecule has 2 fully saturated rings. The normalized spacial score (nSPS) is 27.1. The van der Waals surface area contributed by atoms with Crippen LogP contribution in [-0.2, 0) is 0 Å². The van der Waals surface area contributed by atoms with Crippen LogP contribution in [0.1, 0.15) is 101 Å². The molecule has 2 saturated carbocycles. The molecule has 2 aromatic rings. The molecule has 0 spiro atoms. The van der Waals surface area contributed by atoms with Crippen LogP contribution in [0.15, 0.2) is 48.5 Å². The Morgan fingerprint density at radius 1 is 0.667 bits per heavy atom. The summed E-state index contributed by atoms with van der Waals surface area (Å²) in [6.45, 7) is 5.87. The van der Waals surface area contributed by atoms with Gasteiger partial charge in [0.25, 0.3) is 0 Å². The van der Waals surface area contributed by atoms with Crippen LogP contribution in [0, 0.1) is 5.92 Å². The summed E-state index contributed by atoms with van der Waals surface area (Å²) in [6.07, 6.45) is 13.4. The Labute approximate surface area is 184 Å². The maximum absolute atomic E-state index is 3.76. The first-order valence-corrected chi connectivity index (χ1v) is 12.7. The van der Waals surface area contributed by atoms with E-state index in [1.165, 1.54) is 81.9 Å². The topological polar surface area (TPSA) is 12.0 Å². The molecule has 1 N–H and O–H groups in total. The predicted molar refractivity (Wildman–Crippen MR) is 130 cm³/mol. The fraction of sp³-hybridized carbons (Fsp3) is 0.586. The number of unbranched alkanes of at least 4 members (excludes halogenated alkanes) is 1. The molecule has 0 radical (unpaired) electrons. The van der Waals surface area contributed by atoms with Crippen LogP contribution < -0.4 is 5.32 Å². The summed E-state index contributed by atoms with van der Waals surface area (Å²) < 4.78 is 0. The molecule has 2 aliphatic carbocycles. The predicted octanol–water partition coefficient (Wildman–Crippen LogP) is 8.06. The molecule has 2 aliphatic rings. The molecule has 0 aromatic heterocycles. The van der Waals surface area contributed by atoms with Gasteiger partial charge in [-0.25, -0.2) is 0 Å². The molecule has 0 saturated heterocycles. The highest BCUT2D eigenvalue weighted by Gasteiger charge is 2.22. The Morgan fingerprint density at radius 2 is 1.13 bits per heavy atom. The second-order valence-electron chi connectivity index (χ2n) is 10.1. The van der Waals surface area contributed by atoms with E-state index in [1.54, 1.807) is 11.1 Å². The Kier molecular flexibility index (Phi) is 7.66. The minimum atomic E-state index is 0.748. The molecule has 0 aliphatic heterocycles. The van der Waals surface area contributed by atoms with Gasteiger partial charge in [-0.1, -0.05) is 81.6 Å². The van der Waals surface area contributed by atoms with E-state index in [-0.39, 0.29) is 0 Å². The van der Waals surface area contributed by atoms with Gasteiger partial charge in [0.2, 0.25) is 0 Å². The third kappa shape index (κ3) is 5.55. The van der Waals surface area contributed by atoms with Gasteiger partial charge in [-0.2, -0.15) is 0 Å². The first kappa shape index (κ1) is 21.6. The van der Waals surface area contributed by atoms with Gasteiger partial charge in [0.1, 0.15) is 0 Å². The quantitative estimate of drug-likeness (QED) is 0.461. The van der Waals surface area contributed by atoms with Gasteiger partial charge in [0.15, 0.2) is 0 Å². The Balaban J connectivity index is 1.31. The molecular formula is C29H41N. The second-order valence-corrected chi connectivity index (χ2v) is 10.1. The molecule has 1 heteroatoms. The van der Waals surface area contributed by atoms with Crippen LogP contribution in [0.3, 0.4) is 0 Å². The molecule has 0 amide bonds. The minimum Gasteiger partial charge on any atom is -0.314 e. The van der Waals surface area contributed by atoms with Crippen molar-refractivity contribution in [1.29, 1.82) is 0 Å². The second kappa shape index (κ2) is 10.6. The number of hydrogen-bond acceptors (Lipinski definition) is 1. The van der Waals surface area contributed by atoms with E-state index in [4.69, 9.17) is 0 Å². The fourth-order valence-electron chi connectivity index (χ4n) is 5.60. The van der Waals surface area contributed by atoms with E-state index >= 15 is 0 Å². The monoisotopic (exact) mass is 403 g/mol. The van der Waals surface area contributed by atoms with Crippen molar-refractivity contribution < 1.29 is 0 Å². The maximum Gasteiger partial charge on any atom is 0.00674 e. The fourth-order valence-corrected chi connectivity index (χ4v) is 5.60. The zero-order valence-electron chi connectivity index (χ0n) is 19.2. The number of nitrogens with one attached hydrogen (secondary N) is 1. The molecule has 2 aromatic carbocycles. The van der Waals surface area contributed by atoms with Crippen molar-refractivity contribution in [2.45, 2.75) is 95.9 Å². The highest BCUT2D eigenvalue weighted by atomic mass is 14.9. The van der Waals surface area contributed by atoms with E-state index in [9.17, 15) is 0 Å². The average Bonchev–Trinajstić information content (AvgIpc) is 2.81. The summed E-state index contributed by atoms with van der Waals surface area (Å²) in [6, 6.07) is 19.7. The van der Waals surface area contributed by atoms with Crippen molar-refractivity contribution >= 4 is 0 Å². The Morgan fingerprint density at radius 3 is 1.60 bits per heavy atom. The summed E-state index contributed by atoms with van der Waals surface area (Å²) in [5.74, 6) is 2.45. The lowest BCUT2D eigenvalue weighted by atomic mass is 9.79. The molecular weight excluding hydrogens is 362 g/mol.